The Labute approximate surface area is 107 Å². The van der Waals surface area contributed by atoms with Gasteiger partial charge in [-0.05, 0) is 18.2 Å². The maximum Gasteiger partial charge on any atom is 0.416 e. The molecule has 0 saturated carbocycles. The highest BCUT2D eigenvalue weighted by Crippen LogP contribution is 2.31. The van der Waals surface area contributed by atoms with E-state index in [4.69, 9.17) is 15.6 Å². The predicted molar refractivity (Wildman–Crippen MR) is 59.2 cm³/mol. The van der Waals surface area contributed by atoms with Crippen LogP contribution < -0.4 is 10.5 Å². The summed E-state index contributed by atoms with van der Waals surface area (Å²) in [5.41, 5.74) is 4.73. The molecule has 0 heterocycles. The molecule has 104 valence electrons. The first-order chi connectivity index (χ1) is 7.77. The van der Waals surface area contributed by atoms with Crippen molar-refractivity contribution < 1.29 is 27.4 Å². The molecular formula is C10H12ClF4NO2. The van der Waals surface area contributed by atoms with Crippen LogP contribution in [0.4, 0.5) is 17.6 Å². The van der Waals surface area contributed by atoms with Crippen LogP contribution in [0.2, 0.25) is 0 Å². The molecule has 0 saturated heterocycles. The Hall–Kier alpha value is -1.05. The largest absolute Gasteiger partial charge is 0.497 e. The zero-order valence-corrected chi connectivity index (χ0v) is 10.1. The summed E-state index contributed by atoms with van der Waals surface area (Å²) in [6.07, 6.45) is -7.74. The second-order valence-corrected chi connectivity index (χ2v) is 3.40. The van der Waals surface area contributed by atoms with Crippen molar-refractivity contribution in [3.8, 4) is 5.75 Å². The van der Waals surface area contributed by atoms with E-state index in [1.807, 2.05) is 0 Å². The summed E-state index contributed by atoms with van der Waals surface area (Å²) in [4.78, 5) is 0. The molecular weight excluding hydrogens is 278 g/mol. The minimum Gasteiger partial charge on any atom is -0.497 e. The van der Waals surface area contributed by atoms with Crippen molar-refractivity contribution in [3.63, 3.8) is 0 Å². The van der Waals surface area contributed by atoms with Crippen molar-refractivity contribution in [2.45, 2.75) is 18.3 Å². The van der Waals surface area contributed by atoms with Gasteiger partial charge in [0, 0.05) is 5.56 Å². The van der Waals surface area contributed by atoms with Crippen LogP contribution in [0.5, 0.6) is 5.75 Å². The number of ether oxygens (including phenoxy) is 1. The fraction of sp³-hybridized carbons (Fsp3) is 0.400. The van der Waals surface area contributed by atoms with Gasteiger partial charge in [0.2, 0.25) is 0 Å². The number of rotatable bonds is 3. The molecule has 0 aliphatic heterocycles. The third-order valence-corrected chi connectivity index (χ3v) is 2.24. The topological polar surface area (TPSA) is 55.5 Å². The van der Waals surface area contributed by atoms with Crippen LogP contribution in [-0.4, -0.2) is 24.5 Å². The molecule has 2 atom stereocenters. The second kappa shape index (κ2) is 6.21. The van der Waals surface area contributed by atoms with E-state index in [-0.39, 0.29) is 18.2 Å². The Morgan fingerprint density at radius 1 is 1.33 bits per heavy atom. The number of aliphatic hydroxyl groups is 1. The molecule has 0 aromatic heterocycles. The van der Waals surface area contributed by atoms with Gasteiger partial charge in [0.1, 0.15) is 11.6 Å². The monoisotopic (exact) mass is 289 g/mol. The Bertz CT molecular complexity index is 400. The number of benzene rings is 1. The average molecular weight is 290 g/mol. The van der Waals surface area contributed by atoms with Crippen LogP contribution in [0.3, 0.4) is 0 Å². The van der Waals surface area contributed by atoms with E-state index in [1.165, 1.54) is 13.2 Å². The lowest BCUT2D eigenvalue weighted by Crippen LogP contribution is -2.39. The van der Waals surface area contributed by atoms with Crippen molar-refractivity contribution >= 4 is 12.4 Å². The highest BCUT2D eigenvalue weighted by molar-refractivity contribution is 5.85. The normalized spacial score (nSPS) is 14.6. The molecule has 0 aliphatic rings. The quantitative estimate of drug-likeness (QED) is 0.839. The second-order valence-electron chi connectivity index (χ2n) is 3.40. The van der Waals surface area contributed by atoms with Crippen LogP contribution >= 0.6 is 12.4 Å². The van der Waals surface area contributed by atoms with Gasteiger partial charge in [-0.2, -0.15) is 13.2 Å². The van der Waals surface area contributed by atoms with Gasteiger partial charge in [0.15, 0.2) is 6.10 Å². The molecule has 3 N–H and O–H groups in total. The number of nitrogens with two attached hydrogens (primary N) is 1. The third kappa shape index (κ3) is 3.72. The van der Waals surface area contributed by atoms with Crippen LogP contribution in [0.1, 0.15) is 11.6 Å². The molecule has 1 rings (SSSR count). The van der Waals surface area contributed by atoms with E-state index >= 15 is 0 Å². The lowest BCUT2D eigenvalue weighted by molar-refractivity contribution is -0.210. The molecule has 0 radical (unpaired) electrons. The standard InChI is InChI=1S/C10H11F4NO2.ClH/c1-17-5-2-3-7(11)6(4-5)8(15)9(16)10(12,13)14;/h2-4,8-9,16H,15H2,1H3;1H/t8-,9-;/m0./s1. The molecule has 0 fully saturated rings. The summed E-state index contributed by atoms with van der Waals surface area (Å²) < 4.78 is 54.7. The summed E-state index contributed by atoms with van der Waals surface area (Å²) >= 11 is 0. The van der Waals surface area contributed by atoms with Crippen molar-refractivity contribution in [2.24, 2.45) is 5.73 Å². The van der Waals surface area contributed by atoms with Gasteiger partial charge in [0.05, 0.1) is 13.2 Å². The maximum atomic E-state index is 13.3. The molecule has 1 aromatic carbocycles. The van der Waals surface area contributed by atoms with Gasteiger partial charge in [-0.25, -0.2) is 4.39 Å². The number of hydrogen-bond donors (Lipinski definition) is 2. The molecule has 8 heteroatoms. The summed E-state index contributed by atoms with van der Waals surface area (Å²) in [7, 11) is 1.28. The first-order valence-electron chi connectivity index (χ1n) is 4.61. The highest BCUT2D eigenvalue weighted by atomic mass is 35.5. The van der Waals surface area contributed by atoms with Crippen LogP contribution in [-0.2, 0) is 0 Å². The third-order valence-electron chi connectivity index (χ3n) is 2.24. The average Bonchev–Trinajstić information content (AvgIpc) is 2.26. The van der Waals surface area contributed by atoms with Crippen LogP contribution in [0, 0.1) is 5.82 Å². The summed E-state index contributed by atoms with van der Waals surface area (Å²) in [6.45, 7) is 0. The van der Waals surface area contributed by atoms with Gasteiger partial charge in [0.25, 0.3) is 0 Å². The summed E-state index contributed by atoms with van der Waals surface area (Å²) in [5.74, 6) is -0.771. The van der Waals surface area contributed by atoms with E-state index < -0.39 is 29.7 Å². The van der Waals surface area contributed by atoms with Gasteiger partial charge < -0.3 is 15.6 Å². The smallest absolute Gasteiger partial charge is 0.416 e. The van der Waals surface area contributed by atoms with E-state index in [0.717, 1.165) is 12.1 Å². The van der Waals surface area contributed by atoms with Crippen molar-refractivity contribution in [1.82, 2.24) is 0 Å². The minimum absolute atomic E-state index is 0. The molecule has 1 aromatic rings. The SMILES string of the molecule is COc1ccc(F)c([C@H](N)[C@H](O)C(F)(F)F)c1.Cl. The predicted octanol–water partition coefficient (Wildman–Crippen LogP) is 2.18. The van der Waals surface area contributed by atoms with Crippen molar-refractivity contribution in [1.29, 1.82) is 0 Å². The fourth-order valence-electron chi connectivity index (χ4n) is 1.28. The summed E-state index contributed by atoms with van der Waals surface area (Å²) in [5, 5.41) is 8.94. The van der Waals surface area contributed by atoms with Crippen molar-refractivity contribution in [2.75, 3.05) is 7.11 Å². The first-order valence-corrected chi connectivity index (χ1v) is 4.61. The number of halogens is 5. The van der Waals surface area contributed by atoms with Gasteiger partial charge >= 0.3 is 6.18 Å². The number of aliphatic hydroxyl groups excluding tert-OH is 1. The molecule has 0 amide bonds. The van der Waals surface area contributed by atoms with Crippen molar-refractivity contribution in [3.05, 3.63) is 29.6 Å². The van der Waals surface area contributed by atoms with E-state index in [0.29, 0.717) is 0 Å². The van der Waals surface area contributed by atoms with E-state index in [9.17, 15) is 17.6 Å². The Kier molecular flexibility index (Phi) is 5.85. The zero-order chi connectivity index (χ0) is 13.2. The fourth-order valence-corrected chi connectivity index (χ4v) is 1.28. The van der Waals surface area contributed by atoms with E-state index in [2.05, 4.69) is 0 Å². The molecule has 0 spiro atoms. The van der Waals surface area contributed by atoms with E-state index in [1.54, 1.807) is 0 Å². The highest BCUT2D eigenvalue weighted by Gasteiger charge is 2.43. The van der Waals surface area contributed by atoms with Crippen LogP contribution in [0.25, 0.3) is 0 Å². The maximum absolute atomic E-state index is 13.3. The summed E-state index contributed by atoms with van der Waals surface area (Å²) in [6, 6.07) is 1.29. The number of hydrogen-bond acceptors (Lipinski definition) is 3. The molecule has 0 aliphatic carbocycles. The Morgan fingerprint density at radius 3 is 2.33 bits per heavy atom. The lowest BCUT2D eigenvalue weighted by Gasteiger charge is -2.22. The van der Waals surface area contributed by atoms with Gasteiger partial charge in [-0.3, -0.25) is 0 Å². The Balaban J connectivity index is 0.00000289. The molecule has 3 nitrogen and oxygen atoms in total. The molecule has 18 heavy (non-hydrogen) atoms. The van der Waals surface area contributed by atoms with Gasteiger partial charge in [-0.15, -0.1) is 12.4 Å². The minimum atomic E-state index is -4.91. The first kappa shape index (κ1) is 16.9. The number of methoxy groups -OCH3 is 1. The molecule has 0 unspecified atom stereocenters. The van der Waals surface area contributed by atoms with Crippen LogP contribution in [0.15, 0.2) is 18.2 Å². The lowest BCUT2D eigenvalue weighted by atomic mass is 10.0. The van der Waals surface area contributed by atoms with Gasteiger partial charge in [-0.1, -0.05) is 0 Å². The number of alkyl halides is 3. The molecule has 0 bridgehead atoms. The zero-order valence-electron chi connectivity index (χ0n) is 9.24. The Morgan fingerprint density at radius 2 is 1.89 bits per heavy atom.